The van der Waals surface area contributed by atoms with Crippen LogP contribution in [0.3, 0.4) is 0 Å². The van der Waals surface area contributed by atoms with Gasteiger partial charge in [-0.05, 0) is 58.1 Å². The van der Waals surface area contributed by atoms with Crippen molar-refractivity contribution >= 4 is 17.3 Å². The molecule has 0 aliphatic carbocycles. The minimum Gasteiger partial charge on any atom is -0.357 e. The second-order valence-corrected chi connectivity index (χ2v) is 8.38. The summed E-state index contributed by atoms with van der Waals surface area (Å²) in [6.45, 7) is 8.97. The van der Waals surface area contributed by atoms with Gasteiger partial charge in [0, 0.05) is 35.3 Å². The molecule has 2 aromatic rings. The van der Waals surface area contributed by atoms with Crippen LogP contribution in [0.5, 0.6) is 0 Å². The maximum absolute atomic E-state index is 4.75. The average molecular weight is 373 g/mol. The first-order valence-corrected chi connectivity index (χ1v) is 10.1. The van der Waals surface area contributed by atoms with E-state index in [9.17, 15) is 0 Å². The Morgan fingerprint density at radius 2 is 1.81 bits per heavy atom. The Morgan fingerprint density at radius 1 is 1.12 bits per heavy atom. The molecule has 0 radical (unpaired) electrons. The molecule has 0 fully saturated rings. The molecule has 4 nitrogen and oxygen atoms in total. The number of hydrogen-bond donors (Lipinski definition) is 2. The van der Waals surface area contributed by atoms with E-state index in [1.165, 1.54) is 20.9 Å². The first-order chi connectivity index (χ1) is 12.5. The summed E-state index contributed by atoms with van der Waals surface area (Å²) in [4.78, 5) is 9.70. The zero-order valence-electron chi connectivity index (χ0n) is 16.7. The van der Waals surface area contributed by atoms with E-state index in [2.05, 4.69) is 86.8 Å². The fraction of sp³-hybridized carbons (Fsp3) is 0.476. The van der Waals surface area contributed by atoms with Crippen LogP contribution in [-0.2, 0) is 19.5 Å². The van der Waals surface area contributed by atoms with Gasteiger partial charge in [-0.15, -0.1) is 11.3 Å². The number of guanidine groups is 1. The minimum atomic E-state index is 0.341. The van der Waals surface area contributed by atoms with Gasteiger partial charge >= 0.3 is 0 Å². The van der Waals surface area contributed by atoms with Crippen LogP contribution in [0.4, 0.5) is 0 Å². The molecular weight excluding hydrogens is 340 g/mol. The van der Waals surface area contributed by atoms with Crippen molar-refractivity contribution in [3.63, 3.8) is 0 Å². The lowest BCUT2D eigenvalue weighted by atomic mass is 10.1. The van der Waals surface area contributed by atoms with Gasteiger partial charge in [0.25, 0.3) is 0 Å². The standard InChI is InChI=1S/C21H32N4S/c1-6-22-21(24-16(2)13-20-12-7-17(3)26-20)23-14-18-8-10-19(11-9-18)15-25(4)5/h7-12,16H,6,13-15H2,1-5H3,(H2,22,23,24). The number of nitrogens with zero attached hydrogens (tertiary/aromatic N) is 2. The molecule has 1 unspecified atom stereocenters. The molecule has 0 saturated carbocycles. The molecule has 1 aromatic carbocycles. The Hall–Kier alpha value is -1.85. The summed E-state index contributed by atoms with van der Waals surface area (Å²) in [5.41, 5.74) is 2.55. The first-order valence-electron chi connectivity index (χ1n) is 9.29. The van der Waals surface area contributed by atoms with Crippen molar-refractivity contribution in [2.75, 3.05) is 20.6 Å². The lowest BCUT2D eigenvalue weighted by Crippen LogP contribution is -2.43. The number of thiophene rings is 1. The molecule has 0 spiro atoms. The van der Waals surface area contributed by atoms with Gasteiger partial charge in [0.05, 0.1) is 6.54 Å². The van der Waals surface area contributed by atoms with Crippen molar-refractivity contribution in [3.05, 3.63) is 57.3 Å². The molecule has 0 saturated heterocycles. The zero-order chi connectivity index (χ0) is 18.9. The lowest BCUT2D eigenvalue weighted by molar-refractivity contribution is 0.402. The van der Waals surface area contributed by atoms with E-state index in [4.69, 9.17) is 4.99 Å². The molecule has 1 aromatic heterocycles. The highest BCUT2D eigenvalue weighted by molar-refractivity contribution is 7.11. The summed E-state index contributed by atoms with van der Waals surface area (Å²) < 4.78 is 0. The van der Waals surface area contributed by atoms with Crippen molar-refractivity contribution < 1.29 is 0 Å². The summed E-state index contributed by atoms with van der Waals surface area (Å²) in [6.07, 6.45) is 1.02. The largest absolute Gasteiger partial charge is 0.357 e. The molecule has 0 bridgehead atoms. The van der Waals surface area contributed by atoms with Crippen molar-refractivity contribution in [1.29, 1.82) is 0 Å². The zero-order valence-corrected chi connectivity index (χ0v) is 17.5. The van der Waals surface area contributed by atoms with Crippen LogP contribution in [0.25, 0.3) is 0 Å². The van der Waals surface area contributed by atoms with Crippen molar-refractivity contribution in [2.45, 2.75) is 46.3 Å². The first kappa shape index (κ1) is 20.5. The van der Waals surface area contributed by atoms with Crippen LogP contribution in [-0.4, -0.2) is 37.5 Å². The highest BCUT2D eigenvalue weighted by atomic mass is 32.1. The van der Waals surface area contributed by atoms with Crippen LogP contribution in [0, 0.1) is 6.92 Å². The summed E-state index contributed by atoms with van der Waals surface area (Å²) in [5.74, 6) is 0.880. The van der Waals surface area contributed by atoms with E-state index in [1.807, 2.05) is 11.3 Å². The summed E-state index contributed by atoms with van der Waals surface area (Å²) in [6, 6.07) is 13.5. The van der Waals surface area contributed by atoms with Crippen LogP contribution < -0.4 is 10.6 Å². The summed E-state index contributed by atoms with van der Waals surface area (Å²) in [7, 11) is 4.18. The van der Waals surface area contributed by atoms with Gasteiger partial charge < -0.3 is 15.5 Å². The third-order valence-corrected chi connectivity index (χ3v) is 5.00. The molecule has 2 rings (SSSR count). The Bertz CT molecular complexity index is 688. The highest BCUT2D eigenvalue weighted by Gasteiger charge is 2.08. The summed E-state index contributed by atoms with van der Waals surface area (Å²) >= 11 is 1.87. The molecule has 26 heavy (non-hydrogen) atoms. The molecular formula is C21H32N4S. The SMILES string of the molecule is CCNC(=NCc1ccc(CN(C)C)cc1)NC(C)Cc1ccc(C)s1. The van der Waals surface area contributed by atoms with E-state index in [0.29, 0.717) is 12.6 Å². The van der Waals surface area contributed by atoms with E-state index < -0.39 is 0 Å². The Labute approximate surface area is 162 Å². The maximum atomic E-state index is 4.75. The smallest absolute Gasteiger partial charge is 0.191 e. The van der Waals surface area contributed by atoms with Crippen molar-refractivity contribution in [2.24, 2.45) is 4.99 Å². The van der Waals surface area contributed by atoms with Crippen LogP contribution in [0.2, 0.25) is 0 Å². The maximum Gasteiger partial charge on any atom is 0.191 e. The van der Waals surface area contributed by atoms with E-state index >= 15 is 0 Å². The predicted octanol–water partition coefficient (Wildman–Crippen LogP) is 3.80. The molecule has 2 N–H and O–H groups in total. The van der Waals surface area contributed by atoms with Gasteiger partial charge in [0.1, 0.15) is 0 Å². The number of rotatable bonds is 8. The molecule has 1 atom stereocenters. The number of aryl methyl sites for hydroxylation is 1. The van der Waals surface area contributed by atoms with Gasteiger partial charge in [-0.1, -0.05) is 24.3 Å². The van der Waals surface area contributed by atoms with Crippen LogP contribution in [0.1, 0.15) is 34.7 Å². The van der Waals surface area contributed by atoms with E-state index in [1.54, 1.807) is 0 Å². The fourth-order valence-electron chi connectivity index (χ4n) is 2.79. The van der Waals surface area contributed by atoms with Crippen molar-refractivity contribution in [1.82, 2.24) is 15.5 Å². The number of aliphatic imine (C=N–C) groups is 1. The van der Waals surface area contributed by atoms with E-state index in [-0.39, 0.29) is 0 Å². The van der Waals surface area contributed by atoms with Gasteiger partial charge in [-0.3, -0.25) is 0 Å². The molecule has 0 amide bonds. The van der Waals surface area contributed by atoms with E-state index in [0.717, 1.165) is 25.5 Å². The molecule has 1 heterocycles. The number of benzene rings is 1. The van der Waals surface area contributed by atoms with Crippen LogP contribution in [0.15, 0.2) is 41.4 Å². The Morgan fingerprint density at radius 3 is 2.38 bits per heavy atom. The second-order valence-electron chi connectivity index (χ2n) is 7.01. The number of hydrogen-bond acceptors (Lipinski definition) is 3. The third kappa shape index (κ3) is 7.18. The molecule has 0 aliphatic rings. The minimum absolute atomic E-state index is 0.341. The Kier molecular flexibility index (Phi) is 8.13. The fourth-order valence-corrected chi connectivity index (χ4v) is 3.81. The quantitative estimate of drug-likeness (QED) is 0.547. The molecule has 5 heteroatoms. The number of nitrogens with one attached hydrogen (secondary N) is 2. The third-order valence-electron chi connectivity index (χ3n) is 3.97. The van der Waals surface area contributed by atoms with Gasteiger partial charge in [-0.25, -0.2) is 4.99 Å². The monoisotopic (exact) mass is 372 g/mol. The molecule has 142 valence electrons. The normalized spacial score (nSPS) is 13.1. The van der Waals surface area contributed by atoms with Crippen LogP contribution >= 0.6 is 11.3 Å². The highest BCUT2D eigenvalue weighted by Crippen LogP contribution is 2.16. The van der Waals surface area contributed by atoms with Crippen molar-refractivity contribution in [3.8, 4) is 0 Å². The predicted molar refractivity (Wildman–Crippen MR) is 114 cm³/mol. The molecule has 0 aliphatic heterocycles. The van der Waals surface area contributed by atoms with Gasteiger partial charge in [-0.2, -0.15) is 0 Å². The summed E-state index contributed by atoms with van der Waals surface area (Å²) in [5, 5.41) is 6.87. The van der Waals surface area contributed by atoms with Gasteiger partial charge in [0.2, 0.25) is 0 Å². The van der Waals surface area contributed by atoms with Gasteiger partial charge in [0.15, 0.2) is 5.96 Å². The lowest BCUT2D eigenvalue weighted by Gasteiger charge is -2.17. The topological polar surface area (TPSA) is 39.7 Å². The second kappa shape index (κ2) is 10.3. The Balaban J connectivity index is 1.92. The average Bonchev–Trinajstić information content (AvgIpc) is 2.98.